The van der Waals surface area contributed by atoms with Gasteiger partial charge in [0.15, 0.2) is 0 Å². The van der Waals surface area contributed by atoms with E-state index in [0.29, 0.717) is 12.1 Å². The molecule has 0 heterocycles. The Hall–Kier alpha value is -0.860. The minimum atomic E-state index is 0.176. The lowest BCUT2D eigenvalue weighted by atomic mass is 10.0. The summed E-state index contributed by atoms with van der Waals surface area (Å²) in [6.07, 6.45) is 3.58. The van der Waals surface area contributed by atoms with Crippen LogP contribution in [0.4, 0.5) is 0 Å². The smallest absolute Gasteiger partial charge is 0.0459 e. The van der Waals surface area contributed by atoms with Crippen molar-refractivity contribution >= 4 is 0 Å². The highest BCUT2D eigenvalue weighted by Gasteiger charge is 2.33. The van der Waals surface area contributed by atoms with Gasteiger partial charge in [0.25, 0.3) is 0 Å². The van der Waals surface area contributed by atoms with Gasteiger partial charge in [0.05, 0.1) is 0 Å². The molecular weight excluding hydrogens is 208 g/mol. The van der Waals surface area contributed by atoms with Crippen LogP contribution in [0.25, 0.3) is 0 Å². The Morgan fingerprint density at radius 3 is 2.76 bits per heavy atom. The van der Waals surface area contributed by atoms with Gasteiger partial charge in [-0.1, -0.05) is 37.6 Å². The fourth-order valence-corrected chi connectivity index (χ4v) is 2.95. The first-order valence-corrected chi connectivity index (χ1v) is 6.70. The van der Waals surface area contributed by atoms with Crippen molar-refractivity contribution in [3.63, 3.8) is 0 Å². The molecule has 0 amide bonds. The highest BCUT2D eigenvalue weighted by Crippen LogP contribution is 2.33. The lowest BCUT2D eigenvalue weighted by Gasteiger charge is -2.33. The Balaban J connectivity index is 2.11. The molecule has 3 unspecified atom stereocenters. The Labute approximate surface area is 105 Å². The summed E-state index contributed by atoms with van der Waals surface area (Å²) in [5, 5.41) is 0. The second kappa shape index (κ2) is 5.19. The van der Waals surface area contributed by atoms with E-state index in [2.05, 4.69) is 50.1 Å². The lowest BCUT2D eigenvalue weighted by molar-refractivity contribution is 0.161. The van der Waals surface area contributed by atoms with Crippen LogP contribution in [0.5, 0.6) is 0 Å². The van der Waals surface area contributed by atoms with Gasteiger partial charge in [0.1, 0.15) is 0 Å². The molecule has 94 valence electrons. The third-order valence-electron chi connectivity index (χ3n) is 4.18. The van der Waals surface area contributed by atoms with Crippen LogP contribution in [0.1, 0.15) is 43.9 Å². The van der Waals surface area contributed by atoms with Crippen molar-refractivity contribution in [3.8, 4) is 0 Å². The molecule has 0 saturated carbocycles. The first kappa shape index (κ1) is 12.6. The molecule has 17 heavy (non-hydrogen) atoms. The molecule has 2 heteroatoms. The Kier molecular flexibility index (Phi) is 3.85. The van der Waals surface area contributed by atoms with Crippen molar-refractivity contribution in [2.45, 2.75) is 51.2 Å². The van der Waals surface area contributed by atoms with Crippen LogP contribution in [-0.4, -0.2) is 24.0 Å². The van der Waals surface area contributed by atoms with Gasteiger partial charge in [-0.25, -0.2) is 0 Å². The number of nitrogens with two attached hydrogens (primary N) is 1. The predicted octanol–water partition coefficient (Wildman–Crippen LogP) is 2.73. The SMILES string of the molecule is CCCC(C)N(C)C1Cc2ccccc2C1N. The average Bonchev–Trinajstić information content (AvgIpc) is 2.67. The summed E-state index contributed by atoms with van der Waals surface area (Å²) < 4.78 is 0. The van der Waals surface area contributed by atoms with E-state index in [0.717, 1.165) is 6.42 Å². The zero-order chi connectivity index (χ0) is 12.4. The van der Waals surface area contributed by atoms with Crippen molar-refractivity contribution in [1.82, 2.24) is 4.90 Å². The number of likely N-dealkylation sites (N-methyl/N-ethyl adjacent to an activating group) is 1. The summed E-state index contributed by atoms with van der Waals surface area (Å²) in [5.74, 6) is 0. The largest absolute Gasteiger partial charge is 0.323 e. The molecule has 2 N–H and O–H groups in total. The van der Waals surface area contributed by atoms with E-state index in [1.807, 2.05) is 0 Å². The fourth-order valence-electron chi connectivity index (χ4n) is 2.95. The molecule has 0 fully saturated rings. The van der Waals surface area contributed by atoms with Gasteiger partial charge >= 0.3 is 0 Å². The molecule has 0 spiro atoms. The van der Waals surface area contributed by atoms with Gasteiger partial charge in [-0.05, 0) is 37.9 Å². The number of hydrogen-bond acceptors (Lipinski definition) is 2. The second-order valence-corrected chi connectivity index (χ2v) is 5.30. The first-order chi connectivity index (χ1) is 8.15. The lowest BCUT2D eigenvalue weighted by Crippen LogP contribution is -2.43. The molecule has 0 saturated heterocycles. The molecule has 1 aromatic carbocycles. The van der Waals surface area contributed by atoms with E-state index >= 15 is 0 Å². The minimum absolute atomic E-state index is 0.176. The maximum absolute atomic E-state index is 6.38. The van der Waals surface area contributed by atoms with Gasteiger partial charge in [-0.2, -0.15) is 0 Å². The molecule has 1 aromatic rings. The highest BCUT2D eigenvalue weighted by molar-refractivity contribution is 5.36. The third kappa shape index (κ3) is 2.38. The van der Waals surface area contributed by atoms with Crippen LogP contribution in [-0.2, 0) is 6.42 Å². The zero-order valence-electron chi connectivity index (χ0n) is 11.2. The standard InChI is InChI=1S/C15H24N2/c1-4-7-11(2)17(3)14-10-12-8-5-6-9-13(12)15(14)16/h5-6,8-9,11,14-15H,4,7,10,16H2,1-3H3. The first-order valence-electron chi connectivity index (χ1n) is 6.70. The summed E-state index contributed by atoms with van der Waals surface area (Å²) in [5.41, 5.74) is 9.16. The Bertz CT molecular complexity index is 375. The topological polar surface area (TPSA) is 29.3 Å². The van der Waals surface area contributed by atoms with Gasteiger partial charge in [-0.3, -0.25) is 4.90 Å². The van der Waals surface area contributed by atoms with Crippen LogP contribution < -0.4 is 5.73 Å². The average molecular weight is 232 g/mol. The molecular formula is C15H24N2. The normalized spacial score (nSPS) is 25.0. The van der Waals surface area contributed by atoms with E-state index in [-0.39, 0.29) is 6.04 Å². The molecule has 3 atom stereocenters. The number of nitrogens with zero attached hydrogens (tertiary/aromatic N) is 1. The maximum Gasteiger partial charge on any atom is 0.0459 e. The fraction of sp³-hybridized carbons (Fsp3) is 0.600. The van der Waals surface area contributed by atoms with Gasteiger partial charge < -0.3 is 5.73 Å². The van der Waals surface area contributed by atoms with Crippen molar-refractivity contribution in [2.75, 3.05) is 7.05 Å². The quantitative estimate of drug-likeness (QED) is 0.865. The number of benzene rings is 1. The van der Waals surface area contributed by atoms with Gasteiger partial charge in [0, 0.05) is 18.1 Å². The highest BCUT2D eigenvalue weighted by atomic mass is 15.2. The van der Waals surface area contributed by atoms with Crippen LogP contribution >= 0.6 is 0 Å². The van der Waals surface area contributed by atoms with Crippen LogP contribution in [0.2, 0.25) is 0 Å². The van der Waals surface area contributed by atoms with Crippen molar-refractivity contribution in [1.29, 1.82) is 0 Å². The van der Waals surface area contributed by atoms with Crippen LogP contribution in [0.3, 0.4) is 0 Å². The molecule has 0 aliphatic heterocycles. The third-order valence-corrected chi connectivity index (χ3v) is 4.18. The zero-order valence-corrected chi connectivity index (χ0v) is 11.2. The number of fused-ring (bicyclic) bond motifs is 1. The Morgan fingerprint density at radius 2 is 2.12 bits per heavy atom. The molecule has 0 bridgehead atoms. The minimum Gasteiger partial charge on any atom is -0.323 e. The van der Waals surface area contributed by atoms with Crippen molar-refractivity contribution in [3.05, 3.63) is 35.4 Å². The van der Waals surface area contributed by atoms with Crippen molar-refractivity contribution in [2.24, 2.45) is 5.73 Å². The molecule has 2 rings (SSSR count). The molecule has 2 nitrogen and oxygen atoms in total. The van der Waals surface area contributed by atoms with E-state index in [9.17, 15) is 0 Å². The second-order valence-electron chi connectivity index (χ2n) is 5.30. The van der Waals surface area contributed by atoms with E-state index in [1.165, 1.54) is 24.0 Å². The molecule has 0 aromatic heterocycles. The molecule has 1 aliphatic rings. The summed E-state index contributed by atoms with van der Waals surface area (Å²) in [6, 6.07) is 9.86. The maximum atomic E-state index is 6.38. The summed E-state index contributed by atoms with van der Waals surface area (Å²) in [4.78, 5) is 2.47. The predicted molar refractivity (Wildman–Crippen MR) is 73.0 cm³/mol. The van der Waals surface area contributed by atoms with E-state index in [4.69, 9.17) is 5.73 Å². The van der Waals surface area contributed by atoms with Gasteiger partial charge in [-0.15, -0.1) is 0 Å². The van der Waals surface area contributed by atoms with Crippen LogP contribution in [0.15, 0.2) is 24.3 Å². The summed E-state index contributed by atoms with van der Waals surface area (Å²) >= 11 is 0. The molecule has 0 radical (unpaired) electrons. The number of rotatable bonds is 4. The summed E-state index contributed by atoms with van der Waals surface area (Å²) in [7, 11) is 2.22. The van der Waals surface area contributed by atoms with Gasteiger partial charge in [0.2, 0.25) is 0 Å². The van der Waals surface area contributed by atoms with E-state index in [1.54, 1.807) is 0 Å². The number of hydrogen-bond donors (Lipinski definition) is 1. The van der Waals surface area contributed by atoms with E-state index < -0.39 is 0 Å². The summed E-state index contributed by atoms with van der Waals surface area (Å²) in [6.45, 7) is 4.55. The Morgan fingerprint density at radius 1 is 1.41 bits per heavy atom. The van der Waals surface area contributed by atoms with Crippen LogP contribution in [0, 0.1) is 0 Å². The molecule has 1 aliphatic carbocycles. The monoisotopic (exact) mass is 232 g/mol. The van der Waals surface area contributed by atoms with Crippen molar-refractivity contribution < 1.29 is 0 Å².